The van der Waals surface area contributed by atoms with Crippen molar-refractivity contribution in [1.29, 1.82) is 0 Å². The van der Waals surface area contributed by atoms with Crippen LogP contribution >= 0.6 is 11.6 Å². The molecule has 212 valence electrons. The zero-order valence-corrected chi connectivity index (χ0v) is 23.7. The number of pyridine rings is 1. The van der Waals surface area contributed by atoms with Gasteiger partial charge in [0.15, 0.2) is 6.20 Å². The van der Waals surface area contributed by atoms with Gasteiger partial charge in [0.25, 0.3) is 0 Å². The number of halogens is 1. The van der Waals surface area contributed by atoms with Gasteiger partial charge in [0.05, 0.1) is 24.4 Å². The Morgan fingerprint density at radius 3 is 2.57 bits per heavy atom. The van der Waals surface area contributed by atoms with Gasteiger partial charge in [0.2, 0.25) is 5.69 Å². The van der Waals surface area contributed by atoms with E-state index in [0.717, 1.165) is 59.1 Å². The third-order valence-corrected chi connectivity index (χ3v) is 8.66. The number of benzene rings is 2. The van der Waals surface area contributed by atoms with Gasteiger partial charge in [-0.3, -0.25) is 9.48 Å². The van der Waals surface area contributed by atoms with Crippen LogP contribution in [0.3, 0.4) is 0 Å². The molecule has 0 aliphatic heterocycles. The highest BCUT2D eigenvalue weighted by Gasteiger charge is 2.52. The first-order valence-corrected chi connectivity index (χ1v) is 14.3. The van der Waals surface area contributed by atoms with Crippen molar-refractivity contribution in [3.05, 3.63) is 101 Å². The van der Waals surface area contributed by atoms with E-state index < -0.39 is 5.41 Å². The Morgan fingerprint density at radius 1 is 1.12 bits per heavy atom. The summed E-state index contributed by atoms with van der Waals surface area (Å²) in [5.41, 5.74) is 5.21. The number of aromatic nitrogens is 7. The summed E-state index contributed by atoms with van der Waals surface area (Å²) in [6, 6.07) is 17.0. The molecule has 2 fully saturated rings. The maximum atomic E-state index is 13.6. The number of ether oxygens (including phenoxy) is 1. The first kappa shape index (κ1) is 26.3. The van der Waals surface area contributed by atoms with Gasteiger partial charge < -0.3 is 9.94 Å². The van der Waals surface area contributed by atoms with Crippen LogP contribution in [-0.4, -0.2) is 43.1 Å². The van der Waals surface area contributed by atoms with Gasteiger partial charge >= 0.3 is 5.97 Å². The quantitative estimate of drug-likeness (QED) is 0.135. The van der Waals surface area contributed by atoms with Crippen molar-refractivity contribution in [2.45, 2.75) is 43.6 Å². The second kappa shape index (κ2) is 10.4. The number of carbonyl (C=O) groups is 1. The van der Waals surface area contributed by atoms with Crippen molar-refractivity contribution < 1.29 is 14.3 Å². The van der Waals surface area contributed by atoms with Gasteiger partial charge in [-0.25, -0.2) is 0 Å². The van der Waals surface area contributed by atoms with Crippen LogP contribution in [0.1, 0.15) is 49.4 Å². The molecule has 0 bridgehead atoms. The highest BCUT2D eigenvalue weighted by molar-refractivity contribution is 6.31. The summed E-state index contributed by atoms with van der Waals surface area (Å²) in [7, 11) is 1.44. The van der Waals surface area contributed by atoms with Crippen molar-refractivity contribution in [2.24, 2.45) is 5.92 Å². The standard InChI is InChI=1S/C31H28ClN7O3/c1-42-30(40)31(12-13-31)24-7-4-21(5-8-24)23-16-34-37(17-23)29(14-20-2-3-20)28-10-6-22(18-39(28)41)26-15-25(32)9-11-27(26)38-19-33-35-36-38/h4-11,15-20,29H,2-3,12-14H2,1H3. The third-order valence-electron chi connectivity index (χ3n) is 8.42. The molecule has 0 amide bonds. The molecular formula is C31H28ClN7O3. The molecule has 1 atom stereocenters. The lowest BCUT2D eigenvalue weighted by Crippen LogP contribution is -2.35. The Balaban J connectivity index is 1.19. The number of methoxy groups -OCH3 is 1. The van der Waals surface area contributed by atoms with Gasteiger partial charge in [-0.05, 0) is 71.0 Å². The van der Waals surface area contributed by atoms with Crippen LogP contribution in [0, 0.1) is 11.1 Å². The fourth-order valence-electron chi connectivity index (χ4n) is 5.72. The lowest BCUT2D eigenvalue weighted by Gasteiger charge is -2.18. The molecule has 42 heavy (non-hydrogen) atoms. The fraction of sp³-hybridized carbons (Fsp3) is 0.290. The van der Waals surface area contributed by atoms with E-state index in [-0.39, 0.29) is 12.0 Å². The monoisotopic (exact) mass is 581 g/mol. The number of hydrogen-bond acceptors (Lipinski definition) is 7. The van der Waals surface area contributed by atoms with E-state index in [1.165, 1.54) is 13.4 Å². The van der Waals surface area contributed by atoms with E-state index in [1.807, 2.05) is 59.5 Å². The number of nitrogens with zero attached hydrogens (tertiary/aromatic N) is 7. The highest BCUT2D eigenvalue weighted by Crippen LogP contribution is 2.49. The summed E-state index contributed by atoms with van der Waals surface area (Å²) in [6.07, 6.45) is 11.7. The third kappa shape index (κ3) is 4.81. The molecule has 2 aliphatic carbocycles. The van der Waals surface area contributed by atoms with E-state index in [0.29, 0.717) is 27.9 Å². The second-order valence-electron chi connectivity index (χ2n) is 11.1. The van der Waals surface area contributed by atoms with Crippen LogP contribution in [-0.2, 0) is 14.9 Å². The van der Waals surface area contributed by atoms with Crippen LogP contribution in [0.4, 0.5) is 0 Å². The second-order valence-corrected chi connectivity index (χ2v) is 11.6. The maximum Gasteiger partial charge on any atom is 0.316 e. The molecule has 7 rings (SSSR count). The SMILES string of the molecule is COC(=O)C1(c2ccc(-c3cnn(C(CC4CC4)c4ccc(-c5cc(Cl)ccc5-n5cnnn5)c[n+]4[O-])c3)cc2)CC1. The average molecular weight is 582 g/mol. The number of esters is 1. The molecular weight excluding hydrogens is 554 g/mol. The minimum atomic E-state index is -0.501. The van der Waals surface area contributed by atoms with Crippen molar-refractivity contribution in [2.75, 3.05) is 7.11 Å². The maximum absolute atomic E-state index is 13.6. The van der Waals surface area contributed by atoms with E-state index in [9.17, 15) is 10.0 Å². The Labute approximate surface area is 247 Å². The smallest absolute Gasteiger partial charge is 0.316 e. The molecule has 0 N–H and O–H groups in total. The molecule has 5 aromatic rings. The fourth-order valence-corrected chi connectivity index (χ4v) is 5.90. The summed E-state index contributed by atoms with van der Waals surface area (Å²) in [4.78, 5) is 12.3. The minimum absolute atomic E-state index is 0.176. The first-order chi connectivity index (χ1) is 20.4. The number of carbonyl (C=O) groups excluding carboxylic acids is 1. The Kier molecular flexibility index (Phi) is 6.50. The minimum Gasteiger partial charge on any atom is -0.618 e. The number of rotatable bonds is 9. The largest absolute Gasteiger partial charge is 0.618 e. The first-order valence-electron chi connectivity index (χ1n) is 13.9. The zero-order valence-electron chi connectivity index (χ0n) is 22.9. The van der Waals surface area contributed by atoms with Gasteiger partial charge in [-0.2, -0.15) is 14.5 Å². The van der Waals surface area contributed by atoms with Crippen molar-refractivity contribution in [1.82, 2.24) is 30.0 Å². The van der Waals surface area contributed by atoms with Crippen molar-refractivity contribution >= 4 is 17.6 Å². The lowest BCUT2D eigenvalue weighted by atomic mass is 9.94. The molecule has 0 saturated heterocycles. The normalized spacial score (nSPS) is 16.2. The molecule has 1 unspecified atom stereocenters. The Morgan fingerprint density at radius 2 is 1.90 bits per heavy atom. The van der Waals surface area contributed by atoms with Gasteiger partial charge in [0, 0.05) is 34.0 Å². The summed E-state index contributed by atoms with van der Waals surface area (Å²) in [6.45, 7) is 0. The Bertz CT molecular complexity index is 1760. The van der Waals surface area contributed by atoms with Crippen molar-refractivity contribution in [3.63, 3.8) is 0 Å². The van der Waals surface area contributed by atoms with Crippen LogP contribution in [0.2, 0.25) is 5.02 Å². The molecule has 10 nitrogen and oxygen atoms in total. The topological polar surface area (TPSA) is 115 Å². The van der Waals surface area contributed by atoms with Crippen LogP contribution in [0.5, 0.6) is 0 Å². The molecule has 2 saturated carbocycles. The highest BCUT2D eigenvalue weighted by atomic mass is 35.5. The molecule has 0 spiro atoms. The van der Waals surface area contributed by atoms with E-state index in [1.54, 1.807) is 23.0 Å². The summed E-state index contributed by atoms with van der Waals surface area (Å²) in [5, 5.41) is 30.3. The summed E-state index contributed by atoms with van der Waals surface area (Å²) < 4.78 is 9.41. The molecule has 3 aromatic heterocycles. The molecule has 2 aromatic carbocycles. The van der Waals surface area contributed by atoms with Crippen LogP contribution in [0.15, 0.2) is 79.5 Å². The number of tetrazole rings is 1. The van der Waals surface area contributed by atoms with E-state index >= 15 is 0 Å². The predicted molar refractivity (Wildman–Crippen MR) is 155 cm³/mol. The van der Waals surface area contributed by atoms with Crippen LogP contribution < -0.4 is 4.73 Å². The molecule has 0 radical (unpaired) electrons. The van der Waals surface area contributed by atoms with E-state index in [2.05, 4.69) is 15.5 Å². The zero-order chi connectivity index (χ0) is 28.8. The van der Waals surface area contributed by atoms with Crippen LogP contribution in [0.25, 0.3) is 27.9 Å². The summed E-state index contributed by atoms with van der Waals surface area (Å²) in [5.74, 6) is 0.388. The van der Waals surface area contributed by atoms with Gasteiger partial charge in [-0.15, -0.1) is 5.10 Å². The molecule has 2 aliphatic rings. The predicted octanol–water partition coefficient (Wildman–Crippen LogP) is 5.07. The lowest BCUT2D eigenvalue weighted by molar-refractivity contribution is -0.615. The summed E-state index contributed by atoms with van der Waals surface area (Å²) >= 11 is 6.32. The van der Waals surface area contributed by atoms with Crippen molar-refractivity contribution in [3.8, 4) is 27.9 Å². The van der Waals surface area contributed by atoms with Gasteiger partial charge in [-0.1, -0.05) is 48.7 Å². The average Bonchev–Trinajstić information content (AvgIpc) is 3.89. The Hall–Kier alpha value is -4.57. The molecule has 11 heteroatoms. The molecule has 3 heterocycles. The number of hydrogen-bond donors (Lipinski definition) is 0. The van der Waals surface area contributed by atoms with E-state index in [4.69, 9.17) is 21.4 Å². The van der Waals surface area contributed by atoms with Gasteiger partial charge in [0.1, 0.15) is 12.4 Å².